The third kappa shape index (κ3) is 3.67. The van der Waals surface area contributed by atoms with Crippen LogP contribution in [0, 0.1) is 24.7 Å². The molecule has 0 N–H and O–H groups in total. The summed E-state index contributed by atoms with van der Waals surface area (Å²) in [6.45, 7) is 5.73. The van der Waals surface area contributed by atoms with Gasteiger partial charge in [-0.25, -0.2) is 0 Å². The van der Waals surface area contributed by atoms with Gasteiger partial charge in [0.15, 0.2) is 17.4 Å². The molecule has 0 spiro atoms. The lowest BCUT2D eigenvalue weighted by Gasteiger charge is -2.46. The molecule has 2 aromatic rings. The summed E-state index contributed by atoms with van der Waals surface area (Å²) in [5, 5.41) is 4.14. The van der Waals surface area contributed by atoms with E-state index in [-0.39, 0.29) is 35.6 Å². The van der Waals surface area contributed by atoms with Gasteiger partial charge < -0.3 is 14.0 Å². The van der Waals surface area contributed by atoms with Gasteiger partial charge >= 0.3 is 0 Å². The number of aryl methyl sites for hydroxylation is 1. The largest absolute Gasteiger partial charge is 0.491 e. The number of aromatic nitrogens is 1. The minimum Gasteiger partial charge on any atom is -0.491 e. The average Bonchev–Trinajstić information content (AvgIpc) is 3.39. The molecule has 6 rings (SSSR count). The zero-order chi connectivity index (χ0) is 24.3. The van der Waals surface area contributed by atoms with Crippen LogP contribution in [0.5, 0.6) is 5.75 Å². The predicted molar refractivity (Wildman–Crippen MR) is 129 cm³/mol. The van der Waals surface area contributed by atoms with Crippen LogP contribution in [-0.4, -0.2) is 29.1 Å². The van der Waals surface area contributed by atoms with E-state index in [1.165, 1.54) is 12.8 Å². The maximum atomic E-state index is 14.1. The number of ether oxygens (including phenoxy) is 2. The van der Waals surface area contributed by atoms with Gasteiger partial charge in [0.2, 0.25) is 0 Å². The molecule has 5 atom stereocenters. The molecule has 0 bridgehead atoms. The topological polar surface area (TPSA) is 81.9 Å². The highest BCUT2D eigenvalue weighted by molar-refractivity contribution is 6.17. The van der Waals surface area contributed by atoms with E-state index in [0.717, 1.165) is 31.2 Å². The highest BCUT2D eigenvalue weighted by atomic mass is 16.5. The molecule has 0 radical (unpaired) electrons. The van der Waals surface area contributed by atoms with Crippen LogP contribution in [0.3, 0.4) is 0 Å². The molecule has 2 fully saturated rings. The standard InChI is InChI=1S/C28H32N2O5/c1-15(2)33-19-9-6-8-18(14-19)24-23-25(31)21-12-11-17-7-4-5-10-20(17)26(21)34-27(23)28(32)30(24)22-13-16(3)35-29-22/h6,8-9,13-15,17,20-21,24,26H,4-5,7,10-12H2,1-3H3. The zero-order valence-corrected chi connectivity index (χ0v) is 20.5. The highest BCUT2D eigenvalue weighted by Gasteiger charge is 2.56. The van der Waals surface area contributed by atoms with Crippen LogP contribution in [0.25, 0.3) is 0 Å². The third-order valence-corrected chi connectivity index (χ3v) is 8.09. The fourth-order valence-electron chi connectivity index (χ4n) is 6.67. The fourth-order valence-corrected chi connectivity index (χ4v) is 6.67. The summed E-state index contributed by atoms with van der Waals surface area (Å²) >= 11 is 0. The van der Waals surface area contributed by atoms with E-state index in [1.54, 1.807) is 17.9 Å². The minimum absolute atomic E-state index is 0.00520. The molecule has 2 aliphatic heterocycles. The molecule has 1 aromatic heterocycles. The van der Waals surface area contributed by atoms with Gasteiger partial charge in [0, 0.05) is 6.07 Å². The minimum atomic E-state index is -0.629. The van der Waals surface area contributed by atoms with Gasteiger partial charge in [-0.05, 0) is 69.6 Å². The Balaban J connectivity index is 1.45. The van der Waals surface area contributed by atoms with Crippen molar-refractivity contribution in [3.8, 4) is 5.75 Å². The van der Waals surface area contributed by atoms with Crippen molar-refractivity contribution in [1.29, 1.82) is 0 Å². The van der Waals surface area contributed by atoms with Crippen molar-refractivity contribution < 1.29 is 23.6 Å². The van der Waals surface area contributed by atoms with Crippen molar-refractivity contribution in [2.24, 2.45) is 17.8 Å². The number of carbonyl (C=O) groups is 2. The fraction of sp³-hybridized carbons (Fsp3) is 0.536. The molecule has 35 heavy (non-hydrogen) atoms. The van der Waals surface area contributed by atoms with Gasteiger partial charge in [0.05, 0.1) is 23.6 Å². The number of hydrogen-bond acceptors (Lipinski definition) is 6. The number of carbonyl (C=O) groups excluding carboxylic acids is 2. The van der Waals surface area contributed by atoms with Gasteiger partial charge in [-0.1, -0.05) is 36.6 Å². The Morgan fingerprint density at radius 2 is 1.91 bits per heavy atom. The van der Waals surface area contributed by atoms with E-state index >= 15 is 0 Å². The molecule has 2 aliphatic carbocycles. The van der Waals surface area contributed by atoms with Crippen molar-refractivity contribution in [3.05, 3.63) is 53.0 Å². The Kier molecular flexibility index (Phi) is 5.46. The number of rotatable bonds is 4. The summed E-state index contributed by atoms with van der Waals surface area (Å²) in [6.07, 6.45) is 6.35. The number of nitrogens with zero attached hydrogens (tertiary/aromatic N) is 2. The Morgan fingerprint density at radius 1 is 1.09 bits per heavy atom. The molecular formula is C28H32N2O5. The van der Waals surface area contributed by atoms with Gasteiger partial charge in [-0.15, -0.1) is 0 Å². The van der Waals surface area contributed by atoms with E-state index < -0.39 is 6.04 Å². The Hall–Kier alpha value is -3.09. The molecule has 4 aliphatic rings. The second kappa shape index (κ2) is 8.54. The molecular weight excluding hydrogens is 444 g/mol. The number of amides is 1. The molecule has 7 heteroatoms. The smallest absolute Gasteiger partial charge is 0.295 e. The molecule has 1 aromatic carbocycles. The van der Waals surface area contributed by atoms with Crippen molar-refractivity contribution >= 4 is 17.5 Å². The third-order valence-electron chi connectivity index (χ3n) is 8.09. The second-order valence-corrected chi connectivity index (χ2v) is 10.7. The van der Waals surface area contributed by atoms with Crippen LogP contribution in [0.4, 0.5) is 5.82 Å². The van der Waals surface area contributed by atoms with Gasteiger partial charge in [-0.2, -0.15) is 0 Å². The van der Waals surface area contributed by atoms with Crippen LogP contribution in [-0.2, 0) is 14.3 Å². The summed E-state index contributed by atoms with van der Waals surface area (Å²) in [5.41, 5.74) is 1.25. The first-order valence-corrected chi connectivity index (χ1v) is 12.9. The Labute approximate surface area is 205 Å². The second-order valence-electron chi connectivity index (χ2n) is 10.7. The molecule has 2 saturated carbocycles. The van der Waals surface area contributed by atoms with Crippen LogP contribution in [0.2, 0.25) is 0 Å². The number of fused-ring (bicyclic) bond motifs is 3. The van der Waals surface area contributed by atoms with Crippen molar-refractivity contribution in [2.75, 3.05) is 4.90 Å². The Morgan fingerprint density at radius 3 is 2.69 bits per heavy atom. The highest BCUT2D eigenvalue weighted by Crippen LogP contribution is 2.52. The lowest BCUT2D eigenvalue weighted by atomic mass is 9.63. The molecule has 1 amide bonds. The lowest BCUT2D eigenvalue weighted by molar-refractivity contribution is -0.139. The first-order chi connectivity index (χ1) is 16.9. The summed E-state index contributed by atoms with van der Waals surface area (Å²) < 4.78 is 17.8. The van der Waals surface area contributed by atoms with Crippen molar-refractivity contribution in [1.82, 2.24) is 5.16 Å². The Bertz CT molecular complexity index is 1200. The molecule has 3 heterocycles. The number of benzene rings is 1. The summed E-state index contributed by atoms with van der Waals surface area (Å²) in [5.74, 6) is 2.34. The van der Waals surface area contributed by atoms with Crippen molar-refractivity contribution in [2.45, 2.75) is 77.5 Å². The number of ketones is 1. The number of Topliss-reactive ketones (excluding diaryl/α,β-unsaturated/α-hetero) is 1. The van der Waals surface area contributed by atoms with Crippen LogP contribution >= 0.6 is 0 Å². The summed E-state index contributed by atoms with van der Waals surface area (Å²) in [4.78, 5) is 29.5. The van der Waals surface area contributed by atoms with E-state index in [4.69, 9.17) is 14.0 Å². The van der Waals surface area contributed by atoms with E-state index in [2.05, 4.69) is 5.16 Å². The summed E-state index contributed by atoms with van der Waals surface area (Å²) in [6, 6.07) is 8.72. The SMILES string of the molecule is Cc1cc(N2C(=O)C3=C(C(=O)C4CCC5CCCCC5C4O3)C2c2cccc(OC(C)C)c2)no1. The van der Waals surface area contributed by atoms with Crippen LogP contribution in [0.15, 0.2) is 46.2 Å². The van der Waals surface area contributed by atoms with Gasteiger partial charge in [0.25, 0.3) is 5.91 Å². The maximum absolute atomic E-state index is 14.1. The monoisotopic (exact) mass is 476 g/mol. The summed E-state index contributed by atoms with van der Waals surface area (Å²) in [7, 11) is 0. The zero-order valence-electron chi connectivity index (χ0n) is 20.5. The molecule has 0 saturated heterocycles. The van der Waals surface area contributed by atoms with Crippen molar-refractivity contribution in [3.63, 3.8) is 0 Å². The van der Waals surface area contributed by atoms with Gasteiger partial charge in [0.1, 0.15) is 17.6 Å². The predicted octanol–water partition coefficient (Wildman–Crippen LogP) is 5.30. The quantitative estimate of drug-likeness (QED) is 0.596. The van der Waals surface area contributed by atoms with Crippen LogP contribution < -0.4 is 9.64 Å². The average molecular weight is 477 g/mol. The molecule has 5 unspecified atom stereocenters. The normalized spacial score (nSPS) is 30.2. The lowest BCUT2D eigenvalue weighted by Crippen LogP contribution is -2.48. The van der Waals surface area contributed by atoms with E-state index in [1.807, 2.05) is 38.1 Å². The van der Waals surface area contributed by atoms with Crippen LogP contribution in [0.1, 0.15) is 69.7 Å². The van der Waals surface area contributed by atoms with E-state index in [9.17, 15) is 9.59 Å². The molecule has 184 valence electrons. The number of anilines is 1. The van der Waals surface area contributed by atoms with Gasteiger partial charge in [-0.3, -0.25) is 14.5 Å². The first kappa shape index (κ1) is 22.4. The first-order valence-electron chi connectivity index (χ1n) is 12.9. The van der Waals surface area contributed by atoms with E-state index in [0.29, 0.717) is 34.7 Å². The molecule has 7 nitrogen and oxygen atoms in total. The number of hydrogen-bond donors (Lipinski definition) is 0. The maximum Gasteiger partial charge on any atom is 0.295 e.